The number of nitrogens with one attached hydrogen (secondary N) is 7. The minimum atomic E-state index is -1.28. The van der Waals surface area contributed by atoms with Gasteiger partial charge in [-0.05, 0) is 115 Å². The third kappa shape index (κ3) is 14.9. The average molecular weight is 1090 g/mol. The lowest BCUT2D eigenvalue weighted by Gasteiger charge is -2.32. The van der Waals surface area contributed by atoms with Crippen molar-refractivity contribution in [1.29, 1.82) is 0 Å². The Morgan fingerprint density at radius 3 is 1.88 bits per heavy atom. The molecular weight excluding hydrogens is 1020 g/mol. The average Bonchev–Trinajstić information content (AvgIpc) is 4.13. The van der Waals surface area contributed by atoms with Crippen LogP contribution in [0.25, 0.3) is 10.9 Å². The van der Waals surface area contributed by atoms with Gasteiger partial charge in [0.15, 0.2) is 0 Å². The Balaban J connectivity index is 1.03. The highest BCUT2D eigenvalue weighted by molar-refractivity contribution is 5.99. The number of aryl methyl sites for hydroxylation is 1. The summed E-state index contributed by atoms with van der Waals surface area (Å²) in [5, 5.41) is 19.4. The van der Waals surface area contributed by atoms with E-state index in [1.165, 1.54) is 4.90 Å². The van der Waals surface area contributed by atoms with Crippen molar-refractivity contribution >= 4 is 46.3 Å². The van der Waals surface area contributed by atoms with Crippen molar-refractivity contribution in [2.24, 2.45) is 5.92 Å². The van der Waals surface area contributed by atoms with Gasteiger partial charge >= 0.3 is 0 Å². The number of piperidine rings is 1. The fourth-order valence-electron chi connectivity index (χ4n) is 11.0. The smallest absolute Gasteiger partial charge is 0.246 e. The topological polar surface area (TPSA) is 238 Å². The van der Waals surface area contributed by atoms with E-state index in [2.05, 4.69) is 46.9 Å². The summed E-state index contributed by atoms with van der Waals surface area (Å²) in [5.41, 5.74) is 4.78. The molecule has 3 fully saturated rings. The van der Waals surface area contributed by atoms with Crippen LogP contribution in [0.3, 0.4) is 0 Å². The number of nitrogens with zero attached hydrogens (tertiary/aromatic N) is 3. The summed E-state index contributed by atoms with van der Waals surface area (Å²) in [6, 6.07) is 33.7. The first-order chi connectivity index (χ1) is 39.6. The van der Waals surface area contributed by atoms with Crippen LogP contribution in [0.2, 0.25) is 0 Å². The van der Waals surface area contributed by atoms with Crippen LogP contribution in [0, 0.1) is 5.92 Å². The summed E-state index contributed by atoms with van der Waals surface area (Å²) in [6.45, 7) is 1.73. The summed E-state index contributed by atoms with van der Waals surface area (Å²) in [4.78, 5) is 105. The van der Waals surface area contributed by atoms with Crippen molar-refractivity contribution in [2.45, 2.75) is 107 Å². The van der Waals surface area contributed by atoms with E-state index in [0.29, 0.717) is 35.7 Å². The number of aromatic amines is 1. The number of hydrogen-bond acceptors (Lipinski definition) is 11. The zero-order valence-corrected chi connectivity index (χ0v) is 45.0. The van der Waals surface area contributed by atoms with Crippen LogP contribution in [0.15, 0.2) is 164 Å². The molecule has 4 aromatic carbocycles. The second kappa shape index (κ2) is 26.8. The Labute approximate surface area is 470 Å². The summed E-state index contributed by atoms with van der Waals surface area (Å²) in [5.74, 6) is -2.63. The first-order valence-electron chi connectivity index (χ1n) is 27.9. The molecule has 0 unspecified atom stereocenters. The normalized spacial score (nSPS) is 22.5. The quantitative estimate of drug-likeness (QED) is 0.0675. The minimum Gasteiger partial charge on any atom is -0.489 e. The number of amides is 6. The van der Waals surface area contributed by atoms with E-state index >= 15 is 28.8 Å². The minimum absolute atomic E-state index is 0.0153. The molecule has 0 aliphatic carbocycles. The summed E-state index contributed by atoms with van der Waals surface area (Å²) >= 11 is 0. The van der Waals surface area contributed by atoms with Crippen LogP contribution < -0.4 is 41.4 Å². The Morgan fingerprint density at radius 2 is 1.15 bits per heavy atom. The summed E-state index contributed by atoms with van der Waals surface area (Å²) < 4.78 is 12.5. The maximum atomic E-state index is 15.5. The molecule has 7 N–H and O–H groups in total. The first-order valence-corrected chi connectivity index (χ1v) is 27.9. The molecule has 3 aliphatic rings. The van der Waals surface area contributed by atoms with Gasteiger partial charge in [0.25, 0.3) is 0 Å². The Bertz CT molecular complexity index is 3240. The van der Waals surface area contributed by atoms with Gasteiger partial charge in [-0.2, -0.15) is 0 Å². The van der Waals surface area contributed by atoms with Crippen molar-refractivity contribution in [3.8, 4) is 11.5 Å². The van der Waals surface area contributed by atoms with E-state index in [0.717, 1.165) is 53.5 Å². The molecule has 81 heavy (non-hydrogen) atoms. The van der Waals surface area contributed by atoms with Gasteiger partial charge in [0.1, 0.15) is 60.5 Å². The lowest BCUT2D eigenvalue weighted by atomic mass is 9.90. The molecule has 0 bridgehead atoms. The highest BCUT2D eigenvalue weighted by Crippen LogP contribution is 2.27. The molecular formula is C63H68N10O8. The number of para-hydroxylation sites is 1. The van der Waals surface area contributed by atoms with Crippen LogP contribution in [0.5, 0.6) is 11.5 Å². The van der Waals surface area contributed by atoms with Gasteiger partial charge in [-0.3, -0.25) is 38.7 Å². The second-order valence-electron chi connectivity index (χ2n) is 21.2. The number of hydrogen-bond donors (Lipinski definition) is 7. The van der Waals surface area contributed by atoms with Gasteiger partial charge in [-0.15, -0.1) is 0 Å². The number of H-pyrrole nitrogens is 1. The summed E-state index contributed by atoms with van der Waals surface area (Å²) in [6.07, 6.45) is 9.72. The molecule has 3 saturated heterocycles. The molecule has 0 saturated carbocycles. The lowest BCUT2D eigenvalue weighted by Crippen LogP contribution is -2.62. The molecule has 0 spiro atoms. The highest BCUT2D eigenvalue weighted by atomic mass is 16.5. The Kier molecular flexibility index (Phi) is 18.4. The predicted molar refractivity (Wildman–Crippen MR) is 304 cm³/mol. The van der Waals surface area contributed by atoms with Crippen molar-refractivity contribution in [2.75, 3.05) is 19.6 Å². The zero-order valence-electron chi connectivity index (χ0n) is 45.0. The van der Waals surface area contributed by atoms with Crippen molar-refractivity contribution < 1.29 is 38.2 Å². The number of rotatable bonds is 16. The fraction of sp³-hybridized carbons (Fsp3) is 0.333. The van der Waals surface area contributed by atoms with Crippen LogP contribution in [-0.2, 0) is 61.1 Å². The summed E-state index contributed by atoms with van der Waals surface area (Å²) in [7, 11) is 0. The monoisotopic (exact) mass is 1090 g/mol. The molecule has 0 radical (unpaired) electrons. The number of fused-ring (bicyclic) bond motifs is 2. The molecule has 18 heteroatoms. The van der Waals surface area contributed by atoms with Gasteiger partial charge in [-0.1, -0.05) is 97.1 Å². The SMILES string of the molecule is O=C1N[C@@H](Cc2ccc(OCc3ccccc3)cc2)C(=O)N[C@@H](Cc2cccnc2)C(=O)N2C[C@H](Oc3ccncc3)C[C@H]2C(=O)N[C@@H](CCc2ccccc2)C(=O)N[C@@H](Cc2c[nH]c3ccccc23)C(=O)N[C@H]1CC1CCNCC1. The number of benzene rings is 4. The van der Waals surface area contributed by atoms with E-state index in [1.54, 1.807) is 67.4 Å². The largest absolute Gasteiger partial charge is 0.489 e. The molecule has 7 atom stereocenters. The van der Waals surface area contributed by atoms with Crippen LogP contribution in [-0.4, -0.2) is 117 Å². The maximum Gasteiger partial charge on any atom is 0.246 e. The van der Waals surface area contributed by atoms with E-state index < -0.39 is 77.8 Å². The van der Waals surface area contributed by atoms with Gasteiger partial charge in [-0.25, -0.2) is 0 Å². The highest BCUT2D eigenvalue weighted by Gasteiger charge is 2.45. The number of carbonyl (C=O) groups excluding carboxylic acids is 6. The van der Waals surface area contributed by atoms with Gasteiger partial charge in [0, 0.05) is 67.6 Å². The third-order valence-corrected chi connectivity index (χ3v) is 15.4. The van der Waals surface area contributed by atoms with Gasteiger partial charge < -0.3 is 51.3 Å². The number of carbonyl (C=O) groups is 6. The molecule has 6 amide bonds. The number of pyridine rings is 2. The van der Waals surface area contributed by atoms with Crippen LogP contribution in [0.1, 0.15) is 59.9 Å². The van der Waals surface area contributed by atoms with E-state index in [-0.39, 0.29) is 51.0 Å². The van der Waals surface area contributed by atoms with Gasteiger partial charge in [0.05, 0.1) is 6.54 Å². The number of ether oxygens (including phenoxy) is 2. The molecule has 7 aromatic rings. The standard InChI is InChI=1S/C63H68N10O8/c74-58-52(22-19-41-10-3-1-4-11-41)68-62(78)57-36-49(81-48-25-30-65-31-26-48)39-73(57)63(79)56(34-45-14-9-27-66-37-45)72-60(76)53(32-42-17-20-47(21-18-42)80-40-44-12-5-2-6-13-44)69-59(75)54(33-43-23-28-64-29-24-43)70-61(77)55(71-58)35-46-38-67-51-16-8-7-15-50(46)51/h1-18,20-21,25-27,30-31,37-38,43,49,52-57,64,67H,19,22-24,28-29,32-36,39-40H2,(H,68,78)(H,69,75)(H,70,77)(H,71,74)(H,72,76)/t49-,52+,53+,54+,55+,56+,57+/m1/s1. The zero-order chi connectivity index (χ0) is 55.9. The predicted octanol–water partition coefficient (Wildman–Crippen LogP) is 5.07. The van der Waals surface area contributed by atoms with Crippen molar-refractivity contribution in [1.82, 2.24) is 51.8 Å². The van der Waals surface area contributed by atoms with Crippen molar-refractivity contribution in [3.63, 3.8) is 0 Å². The molecule has 6 heterocycles. The molecule has 3 aromatic heterocycles. The molecule has 3 aliphatic heterocycles. The van der Waals surface area contributed by atoms with E-state index in [1.807, 2.05) is 97.1 Å². The van der Waals surface area contributed by atoms with E-state index in [9.17, 15) is 0 Å². The van der Waals surface area contributed by atoms with Crippen LogP contribution >= 0.6 is 0 Å². The third-order valence-electron chi connectivity index (χ3n) is 15.4. The molecule has 18 nitrogen and oxygen atoms in total. The Morgan fingerprint density at radius 1 is 0.531 bits per heavy atom. The Hall–Kier alpha value is -8.90. The molecule has 10 rings (SSSR count). The van der Waals surface area contributed by atoms with Gasteiger partial charge in [0.2, 0.25) is 35.4 Å². The van der Waals surface area contributed by atoms with Crippen molar-refractivity contribution in [3.05, 3.63) is 192 Å². The first kappa shape index (κ1) is 55.4. The van der Waals surface area contributed by atoms with Crippen LogP contribution in [0.4, 0.5) is 0 Å². The lowest BCUT2D eigenvalue weighted by molar-refractivity contribution is -0.143. The fourth-order valence-corrected chi connectivity index (χ4v) is 11.0. The second-order valence-corrected chi connectivity index (χ2v) is 21.2. The molecule has 418 valence electrons. The number of aromatic nitrogens is 3. The van der Waals surface area contributed by atoms with E-state index in [4.69, 9.17) is 9.47 Å². The maximum absolute atomic E-state index is 15.5.